The van der Waals surface area contributed by atoms with Gasteiger partial charge in [-0.2, -0.15) is 0 Å². The molecule has 0 radical (unpaired) electrons. The molecule has 3 aliphatic heterocycles. The van der Waals surface area contributed by atoms with Crippen LogP contribution in [0.15, 0.2) is 76.7 Å². The standard InChI is InChI=1S/C40H40N8O6/c1-45-22-24(43-44-30-20-37(54-3)34(21-36(30)53-2)46-13-4-5-14-46)18-35(45)39(50)48-15-11-25-23(7-6-8-32(25)48)17-28(41)38(49)47-16-12-26-27-19-31(40(51)52)42-29(27)9-10-33(26)47/h6-10,17-22,42H,4-5,11-16,41H2,1-3H3,(H,51,52)/b28-17-,44-43+. The summed E-state index contributed by atoms with van der Waals surface area (Å²) in [6.45, 7) is 2.80. The van der Waals surface area contributed by atoms with Crippen LogP contribution in [-0.2, 0) is 24.7 Å². The fourth-order valence-corrected chi connectivity index (χ4v) is 7.84. The Morgan fingerprint density at radius 3 is 2.35 bits per heavy atom. The van der Waals surface area contributed by atoms with E-state index in [0.29, 0.717) is 65.7 Å². The summed E-state index contributed by atoms with van der Waals surface area (Å²) < 4.78 is 13.1. The lowest BCUT2D eigenvalue weighted by Crippen LogP contribution is -2.33. The van der Waals surface area contributed by atoms with Crippen molar-refractivity contribution in [3.05, 3.63) is 94.6 Å². The lowest BCUT2D eigenvalue weighted by atomic mass is 10.0. The van der Waals surface area contributed by atoms with Crippen molar-refractivity contribution in [1.82, 2.24) is 9.55 Å². The molecule has 1 saturated heterocycles. The third kappa shape index (κ3) is 5.98. The van der Waals surface area contributed by atoms with E-state index in [1.807, 2.05) is 36.4 Å². The zero-order valence-corrected chi connectivity index (χ0v) is 30.3. The monoisotopic (exact) mass is 728 g/mol. The van der Waals surface area contributed by atoms with Gasteiger partial charge in [0.2, 0.25) is 0 Å². The molecular weight excluding hydrogens is 688 g/mol. The fourth-order valence-electron chi connectivity index (χ4n) is 7.84. The van der Waals surface area contributed by atoms with Gasteiger partial charge in [0, 0.05) is 73.8 Å². The molecule has 2 amide bonds. The van der Waals surface area contributed by atoms with Crippen molar-refractivity contribution in [2.24, 2.45) is 23.0 Å². The van der Waals surface area contributed by atoms with Crippen molar-refractivity contribution in [3.63, 3.8) is 0 Å². The van der Waals surface area contributed by atoms with Crippen LogP contribution in [0, 0.1) is 0 Å². The van der Waals surface area contributed by atoms with Gasteiger partial charge >= 0.3 is 5.97 Å². The SMILES string of the molecule is COc1cc(N2CCCC2)c(OC)cc1/N=N/c1cc(C(=O)N2CCc3c(/C=C(\N)C(=O)N4CCc5c4ccc4[nH]c(C(=O)O)cc54)cccc32)n(C)c1. The zero-order chi connectivity index (χ0) is 37.7. The summed E-state index contributed by atoms with van der Waals surface area (Å²) in [4.78, 5) is 47.7. The number of nitrogens with zero attached hydrogens (tertiary/aromatic N) is 6. The number of methoxy groups -OCH3 is 2. The molecule has 8 rings (SSSR count). The van der Waals surface area contributed by atoms with Gasteiger partial charge in [0.15, 0.2) is 0 Å². The Balaban J connectivity index is 1.00. The number of hydrogen-bond donors (Lipinski definition) is 3. The van der Waals surface area contributed by atoms with Crippen LogP contribution in [-0.4, -0.2) is 72.8 Å². The number of rotatable bonds is 9. The molecule has 0 spiro atoms. The number of carboxylic acids is 1. The average Bonchev–Trinajstić information content (AvgIpc) is 4.02. The first kappa shape index (κ1) is 34.5. The number of hydrogen-bond acceptors (Lipinski definition) is 9. The molecule has 0 unspecified atom stereocenters. The number of carboxylic acid groups (broad SMARTS) is 1. The third-order valence-electron chi connectivity index (χ3n) is 10.5. The summed E-state index contributed by atoms with van der Waals surface area (Å²) in [7, 11) is 5.03. The summed E-state index contributed by atoms with van der Waals surface area (Å²) >= 11 is 0. The number of aromatic carboxylic acids is 1. The minimum absolute atomic E-state index is 0.0683. The number of aryl methyl sites for hydroxylation is 1. The van der Waals surface area contributed by atoms with Gasteiger partial charge in [-0.1, -0.05) is 12.1 Å². The quantitative estimate of drug-likeness (QED) is 0.117. The Morgan fingerprint density at radius 1 is 0.852 bits per heavy atom. The number of benzene rings is 3. The summed E-state index contributed by atoms with van der Waals surface area (Å²) in [5, 5.41) is 19.1. The Morgan fingerprint density at radius 2 is 1.59 bits per heavy atom. The van der Waals surface area contributed by atoms with Crippen LogP contribution in [0.3, 0.4) is 0 Å². The number of anilines is 3. The highest BCUT2D eigenvalue weighted by Crippen LogP contribution is 2.42. The number of amides is 2. The first-order valence-electron chi connectivity index (χ1n) is 17.8. The predicted molar refractivity (Wildman–Crippen MR) is 206 cm³/mol. The van der Waals surface area contributed by atoms with Crippen LogP contribution in [0.2, 0.25) is 0 Å². The van der Waals surface area contributed by atoms with E-state index in [1.165, 1.54) is 0 Å². The zero-order valence-electron chi connectivity index (χ0n) is 30.3. The number of carbonyl (C=O) groups is 3. The first-order valence-corrected chi connectivity index (χ1v) is 17.8. The molecule has 54 heavy (non-hydrogen) atoms. The maximum Gasteiger partial charge on any atom is 0.352 e. The molecule has 0 aliphatic carbocycles. The van der Waals surface area contributed by atoms with Gasteiger partial charge < -0.3 is 44.6 Å². The maximum absolute atomic E-state index is 14.0. The van der Waals surface area contributed by atoms with Crippen molar-refractivity contribution in [2.75, 3.05) is 55.1 Å². The van der Waals surface area contributed by atoms with Crippen molar-refractivity contribution >= 4 is 63.2 Å². The fraction of sp³-hybridized carbons (Fsp3) is 0.275. The van der Waals surface area contributed by atoms with Crippen LogP contribution in [0.1, 0.15) is 50.5 Å². The van der Waals surface area contributed by atoms with Crippen LogP contribution < -0.4 is 29.9 Å². The first-order chi connectivity index (χ1) is 26.1. The van der Waals surface area contributed by atoms with Crippen LogP contribution in [0.25, 0.3) is 17.0 Å². The highest BCUT2D eigenvalue weighted by atomic mass is 16.5. The molecule has 5 heterocycles. The Labute approximate surface area is 311 Å². The minimum atomic E-state index is -1.04. The van der Waals surface area contributed by atoms with E-state index in [4.69, 9.17) is 15.2 Å². The molecule has 276 valence electrons. The van der Waals surface area contributed by atoms with Crippen molar-refractivity contribution < 1.29 is 29.0 Å². The Hall–Kier alpha value is -6.57. The van der Waals surface area contributed by atoms with E-state index in [9.17, 15) is 19.5 Å². The summed E-state index contributed by atoms with van der Waals surface area (Å²) in [6, 6.07) is 16.3. The third-order valence-corrected chi connectivity index (χ3v) is 10.5. The molecule has 5 aromatic rings. The van der Waals surface area contributed by atoms with Crippen molar-refractivity contribution in [2.45, 2.75) is 25.7 Å². The number of fused-ring (bicyclic) bond motifs is 4. The number of H-pyrrole nitrogens is 1. The maximum atomic E-state index is 14.0. The summed E-state index contributed by atoms with van der Waals surface area (Å²) in [6.07, 6.45) is 6.86. The lowest BCUT2D eigenvalue weighted by molar-refractivity contribution is -0.115. The van der Waals surface area contributed by atoms with E-state index in [0.717, 1.165) is 59.4 Å². The number of ether oxygens (including phenoxy) is 2. The summed E-state index contributed by atoms with van der Waals surface area (Å²) in [5.41, 5.74) is 13.8. The second kappa shape index (κ2) is 13.8. The van der Waals surface area contributed by atoms with Gasteiger partial charge in [0.1, 0.15) is 34.3 Å². The summed E-state index contributed by atoms with van der Waals surface area (Å²) in [5.74, 6) is -0.293. The highest BCUT2D eigenvalue weighted by molar-refractivity contribution is 6.11. The molecule has 4 N–H and O–H groups in total. The van der Waals surface area contributed by atoms with E-state index in [1.54, 1.807) is 66.1 Å². The molecule has 14 heteroatoms. The Kier molecular flexibility index (Phi) is 8.80. The van der Waals surface area contributed by atoms with E-state index >= 15 is 0 Å². The van der Waals surface area contributed by atoms with Crippen LogP contribution in [0.5, 0.6) is 11.5 Å². The molecule has 0 bridgehead atoms. The molecule has 2 aromatic heterocycles. The number of aromatic nitrogens is 2. The predicted octanol–water partition coefficient (Wildman–Crippen LogP) is 6.33. The highest BCUT2D eigenvalue weighted by Gasteiger charge is 2.31. The number of azo groups is 1. The minimum Gasteiger partial charge on any atom is -0.494 e. The molecule has 0 atom stereocenters. The van der Waals surface area contributed by atoms with Gasteiger partial charge in [-0.05, 0) is 78.8 Å². The van der Waals surface area contributed by atoms with Crippen molar-refractivity contribution in [3.8, 4) is 11.5 Å². The smallest absolute Gasteiger partial charge is 0.352 e. The normalized spacial score (nSPS) is 15.4. The topological polar surface area (TPSA) is 171 Å². The van der Waals surface area contributed by atoms with Gasteiger partial charge in [0.25, 0.3) is 11.8 Å². The van der Waals surface area contributed by atoms with E-state index in [2.05, 4.69) is 20.1 Å². The van der Waals surface area contributed by atoms with Gasteiger partial charge in [0.05, 0.1) is 25.6 Å². The van der Waals surface area contributed by atoms with E-state index < -0.39 is 5.97 Å². The second-order valence-corrected chi connectivity index (χ2v) is 13.7. The van der Waals surface area contributed by atoms with Gasteiger partial charge in [-0.15, -0.1) is 10.2 Å². The second-order valence-electron chi connectivity index (χ2n) is 13.7. The van der Waals surface area contributed by atoms with Crippen molar-refractivity contribution in [1.29, 1.82) is 0 Å². The largest absolute Gasteiger partial charge is 0.494 e. The molecule has 14 nitrogen and oxygen atoms in total. The molecule has 3 aliphatic rings. The number of nitrogens with one attached hydrogen (secondary N) is 1. The number of nitrogens with two attached hydrogens (primary N) is 1. The number of aromatic amines is 1. The Bertz CT molecular complexity index is 2400. The van der Waals surface area contributed by atoms with Gasteiger partial charge in [-0.3, -0.25) is 9.59 Å². The number of carbonyl (C=O) groups excluding carboxylic acids is 2. The van der Waals surface area contributed by atoms with E-state index in [-0.39, 0.29) is 23.2 Å². The average molecular weight is 729 g/mol. The van der Waals surface area contributed by atoms with Gasteiger partial charge in [-0.25, -0.2) is 4.79 Å². The lowest BCUT2D eigenvalue weighted by Gasteiger charge is -2.21. The van der Waals surface area contributed by atoms with Crippen LogP contribution in [0.4, 0.5) is 28.4 Å². The molecule has 0 saturated carbocycles. The molecule has 3 aromatic carbocycles. The molecule has 1 fully saturated rings. The van der Waals surface area contributed by atoms with Crippen LogP contribution >= 0.6 is 0 Å². The molecular formula is C40H40N8O6.